The molecule has 0 bridgehead atoms. The average molecular weight is 151 g/mol. The summed E-state index contributed by atoms with van der Waals surface area (Å²) in [7, 11) is 0. The Morgan fingerprint density at radius 3 is 3.36 bits per heavy atom. The maximum atomic E-state index is 5.11. The van der Waals surface area contributed by atoms with Crippen molar-refractivity contribution in [2.75, 3.05) is 6.61 Å². The lowest BCUT2D eigenvalue weighted by Crippen LogP contribution is -2.14. The Hall–Kier alpha value is -0.530. The van der Waals surface area contributed by atoms with Gasteiger partial charge < -0.3 is 4.84 Å². The fourth-order valence-electron chi connectivity index (χ4n) is 3.04. The normalized spacial score (nSPS) is 46.5. The van der Waals surface area contributed by atoms with Crippen LogP contribution < -0.4 is 0 Å². The minimum absolute atomic E-state index is 0.725. The third-order valence-corrected chi connectivity index (χ3v) is 3.57. The molecule has 0 aromatic carbocycles. The van der Waals surface area contributed by atoms with E-state index < -0.39 is 0 Å². The van der Waals surface area contributed by atoms with Crippen molar-refractivity contribution in [1.29, 1.82) is 0 Å². The van der Waals surface area contributed by atoms with Crippen molar-refractivity contribution in [2.45, 2.75) is 25.7 Å². The Morgan fingerprint density at radius 2 is 2.36 bits per heavy atom. The van der Waals surface area contributed by atoms with E-state index in [4.69, 9.17) is 4.84 Å². The number of hydrogen-bond acceptors (Lipinski definition) is 2. The third kappa shape index (κ3) is 0.700. The molecule has 11 heavy (non-hydrogen) atoms. The molecule has 3 atom stereocenters. The molecule has 2 fully saturated rings. The molecule has 0 spiro atoms. The van der Waals surface area contributed by atoms with Gasteiger partial charge in [0.15, 0.2) is 0 Å². The summed E-state index contributed by atoms with van der Waals surface area (Å²) < 4.78 is 0. The van der Waals surface area contributed by atoms with E-state index in [2.05, 4.69) is 5.16 Å². The van der Waals surface area contributed by atoms with E-state index in [0.29, 0.717) is 0 Å². The van der Waals surface area contributed by atoms with Gasteiger partial charge in [0.1, 0.15) is 6.61 Å². The van der Waals surface area contributed by atoms with Crippen molar-refractivity contribution >= 4 is 5.71 Å². The van der Waals surface area contributed by atoms with Crippen molar-refractivity contribution in [2.24, 2.45) is 22.9 Å². The van der Waals surface area contributed by atoms with Crippen LogP contribution in [0.5, 0.6) is 0 Å². The van der Waals surface area contributed by atoms with Crippen molar-refractivity contribution in [3.63, 3.8) is 0 Å². The van der Waals surface area contributed by atoms with Gasteiger partial charge in [-0.3, -0.25) is 0 Å². The lowest BCUT2D eigenvalue weighted by Gasteiger charge is -2.12. The number of rotatable bonds is 0. The Morgan fingerprint density at radius 1 is 1.36 bits per heavy atom. The van der Waals surface area contributed by atoms with Gasteiger partial charge in [0.25, 0.3) is 0 Å². The predicted octanol–water partition coefficient (Wildman–Crippen LogP) is 1.81. The quantitative estimate of drug-likeness (QED) is 0.517. The van der Waals surface area contributed by atoms with E-state index in [1.54, 1.807) is 0 Å². The smallest absolute Gasteiger partial charge is 0.125 e. The van der Waals surface area contributed by atoms with Crippen molar-refractivity contribution in [1.82, 2.24) is 0 Å². The monoisotopic (exact) mass is 151 g/mol. The van der Waals surface area contributed by atoms with Gasteiger partial charge in [-0.1, -0.05) is 11.6 Å². The summed E-state index contributed by atoms with van der Waals surface area (Å²) in [6.07, 6.45) is 5.56. The SMILES string of the molecule is C1C[C@H]2CC3=NOC[C@H]3[C@H]2C1. The van der Waals surface area contributed by atoms with Crippen molar-refractivity contribution in [3.05, 3.63) is 0 Å². The zero-order valence-electron chi connectivity index (χ0n) is 6.62. The van der Waals surface area contributed by atoms with Crippen LogP contribution in [0.2, 0.25) is 0 Å². The summed E-state index contributed by atoms with van der Waals surface area (Å²) >= 11 is 0. The summed E-state index contributed by atoms with van der Waals surface area (Å²) in [5, 5.41) is 4.10. The van der Waals surface area contributed by atoms with Crippen molar-refractivity contribution < 1.29 is 4.84 Å². The first-order valence-electron chi connectivity index (χ1n) is 4.64. The minimum atomic E-state index is 0.725. The molecule has 2 saturated carbocycles. The van der Waals surface area contributed by atoms with Gasteiger partial charge >= 0.3 is 0 Å². The molecule has 0 N–H and O–H groups in total. The summed E-state index contributed by atoms with van der Waals surface area (Å²) in [5.74, 6) is 2.64. The first kappa shape index (κ1) is 6.04. The van der Waals surface area contributed by atoms with E-state index in [9.17, 15) is 0 Å². The van der Waals surface area contributed by atoms with Gasteiger partial charge in [0, 0.05) is 5.92 Å². The van der Waals surface area contributed by atoms with Gasteiger partial charge in [0.05, 0.1) is 5.71 Å². The topological polar surface area (TPSA) is 21.6 Å². The van der Waals surface area contributed by atoms with Crippen LogP contribution >= 0.6 is 0 Å². The molecule has 0 unspecified atom stereocenters. The van der Waals surface area contributed by atoms with Gasteiger partial charge in [-0.25, -0.2) is 0 Å². The van der Waals surface area contributed by atoms with Crippen LogP contribution in [-0.4, -0.2) is 12.3 Å². The molecule has 0 aromatic heterocycles. The summed E-state index contributed by atoms with van der Waals surface area (Å²) in [6.45, 7) is 0.885. The highest BCUT2D eigenvalue weighted by molar-refractivity contribution is 5.90. The third-order valence-electron chi connectivity index (χ3n) is 3.57. The Bertz CT molecular complexity index is 212. The maximum absolute atomic E-state index is 5.11. The molecular weight excluding hydrogens is 138 g/mol. The van der Waals surface area contributed by atoms with E-state index in [1.165, 1.54) is 31.4 Å². The minimum Gasteiger partial charge on any atom is -0.395 e. The van der Waals surface area contributed by atoms with Gasteiger partial charge in [0.2, 0.25) is 0 Å². The Labute approximate surface area is 66.6 Å². The highest BCUT2D eigenvalue weighted by atomic mass is 16.6. The molecule has 0 amide bonds. The fraction of sp³-hybridized carbons (Fsp3) is 0.889. The zero-order valence-corrected chi connectivity index (χ0v) is 6.62. The highest BCUT2D eigenvalue weighted by Crippen LogP contribution is 2.47. The Balaban J connectivity index is 1.92. The molecule has 0 aromatic rings. The standard InChI is InChI=1S/C9H13NO/c1-2-6-4-9-8(5-11-10-9)7(6)3-1/h6-8H,1-5H2/t6-,7-,8-/m0/s1. The van der Waals surface area contributed by atoms with Crippen LogP contribution in [0.25, 0.3) is 0 Å². The maximum Gasteiger partial charge on any atom is 0.125 e. The first-order chi connectivity index (χ1) is 5.45. The van der Waals surface area contributed by atoms with E-state index in [0.717, 1.165) is 24.4 Å². The zero-order chi connectivity index (χ0) is 7.26. The van der Waals surface area contributed by atoms with Crippen LogP contribution in [0.3, 0.4) is 0 Å². The van der Waals surface area contributed by atoms with Gasteiger partial charge in [-0.15, -0.1) is 0 Å². The molecule has 1 heterocycles. The molecule has 0 radical (unpaired) electrons. The van der Waals surface area contributed by atoms with Crippen LogP contribution in [0.4, 0.5) is 0 Å². The molecule has 2 heteroatoms. The molecular formula is C9H13NO. The molecule has 1 aliphatic heterocycles. The molecule has 2 aliphatic carbocycles. The van der Waals surface area contributed by atoms with Gasteiger partial charge in [-0.2, -0.15) is 0 Å². The largest absolute Gasteiger partial charge is 0.395 e. The number of hydrogen-bond donors (Lipinski definition) is 0. The predicted molar refractivity (Wildman–Crippen MR) is 42.3 cm³/mol. The summed E-state index contributed by atoms with van der Waals surface area (Å²) in [4.78, 5) is 5.11. The van der Waals surface area contributed by atoms with E-state index >= 15 is 0 Å². The Kier molecular flexibility index (Phi) is 1.09. The molecule has 60 valence electrons. The lowest BCUT2D eigenvalue weighted by atomic mass is 9.93. The van der Waals surface area contributed by atoms with Gasteiger partial charge in [-0.05, 0) is 31.1 Å². The summed E-state index contributed by atoms with van der Waals surface area (Å²) in [5.41, 5.74) is 1.37. The average Bonchev–Trinajstić information content (AvgIpc) is 2.52. The fourth-order valence-corrected chi connectivity index (χ4v) is 3.04. The van der Waals surface area contributed by atoms with E-state index in [-0.39, 0.29) is 0 Å². The highest BCUT2D eigenvalue weighted by Gasteiger charge is 2.45. The molecule has 0 saturated heterocycles. The summed E-state index contributed by atoms with van der Waals surface area (Å²) in [6, 6.07) is 0. The lowest BCUT2D eigenvalue weighted by molar-refractivity contribution is 0.133. The second-order valence-electron chi connectivity index (χ2n) is 4.04. The first-order valence-corrected chi connectivity index (χ1v) is 4.64. The van der Waals surface area contributed by atoms with E-state index in [1.807, 2.05) is 0 Å². The van der Waals surface area contributed by atoms with Crippen molar-refractivity contribution in [3.8, 4) is 0 Å². The molecule has 3 aliphatic rings. The van der Waals surface area contributed by atoms with Crippen LogP contribution in [-0.2, 0) is 4.84 Å². The number of fused-ring (bicyclic) bond motifs is 3. The van der Waals surface area contributed by atoms with Crippen LogP contribution in [0.1, 0.15) is 25.7 Å². The molecule has 3 rings (SSSR count). The second-order valence-corrected chi connectivity index (χ2v) is 4.04. The van der Waals surface area contributed by atoms with Crippen LogP contribution in [0, 0.1) is 17.8 Å². The second kappa shape index (κ2) is 1.99. The number of oxime groups is 1. The van der Waals surface area contributed by atoms with Crippen LogP contribution in [0.15, 0.2) is 5.16 Å². The molecule has 2 nitrogen and oxygen atoms in total. The number of nitrogens with zero attached hydrogens (tertiary/aromatic N) is 1.